The number of piperidine rings is 1. The first-order valence-corrected chi connectivity index (χ1v) is 9.28. The molecule has 136 valence electrons. The van der Waals surface area contributed by atoms with Crippen LogP contribution in [0.3, 0.4) is 0 Å². The first kappa shape index (κ1) is 16.1. The van der Waals surface area contributed by atoms with Crippen LogP contribution in [0.5, 0.6) is 0 Å². The normalized spacial score (nSPS) is 21.1. The minimum absolute atomic E-state index is 0.0594. The van der Waals surface area contributed by atoms with Gasteiger partial charge < -0.3 is 15.6 Å². The van der Waals surface area contributed by atoms with Gasteiger partial charge >= 0.3 is 0 Å². The summed E-state index contributed by atoms with van der Waals surface area (Å²) < 4.78 is 0. The maximum atomic E-state index is 13.3. The lowest BCUT2D eigenvalue weighted by Gasteiger charge is -2.38. The zero-order chi connectivity index (χ0) is 18.5. The van der Waals surface area contributed by atoms with Gasteiger partial charge in [0.15, 0.2) is 0 Å². The molecule has 0 radical (unpaired) electrons. The van der Waals surface area contributed by atoms with Crippen molar-refractivity contribution in [3.63, 3.8) is 0 Å². The highest BCUT2D eigenvalue weighted by Crippen LogP contribution is 2.43. The summed E-state index contributed by atoms with van der Waals surface area (Å²) in [5, 5.41) is 0. The lowest BCUT2D eigenvalue weighted by molar-refractivity contribution is 0.0595. The first-order valence-electron chi connectivity index (χ1n) is 9.28. The van der Waals surface area contributed by atoms with Gasteiger partial charge in [0.2, 0.25) is 5.91 Å². The average molecular weight is 360 g/mol. The molecular weight excluding hydrogens is 340 g/mol. The molecule has 1 saturated heterocycles. The van der Waals surface area contributed by atoms with Crippen molar-refractivity contribution in [2.75, 3.05) is 6.54 Å². The Morgan fingerprint density at radius 2 is 2.00 bits per heavy atom. The molecule has 2 aliphatic rings. The maximum absolute atomic E-state index is 13.3. The number of primary amides is 1. The number of nitrogens with one attached hydrogen (secondary N) is 1. The molecule has 3 aromatic rings. The van der Waals surface area contributed by atoms with E-state index in [1.165, 1.54) is 11.1 Å². The molecule has 6 heteroatoms. The number of hydrogen-bond acceptors (Lipinski definition) is 3. The highest BCUT2D eigenvalue weighted by molar-refractivity contribution is 5.98. The summed E-state index contributed by atoms with van der Waals surface area (Å²) in [6.07, 6.45) is 4.46. The number of aromatic amines is 1. The highest BCUT2D eigenvalue weighted by Gasteiger charge is 2.41. The van der Waals surface area contributed by atoms with Crippen molar-refractivity contribution >= 4 is 22.8 Å². The first-order chi connectivity index (χ1) is 13.1. The number of likely N-dealkylation sites (tertiary alicyclic amines) is 1. The summed E-state index contributed by atoms with van der Waals surface area (Å²) in [4.78, 5) is 34.1. The molecule has 3 N–H and O–H groups in total. The molecule has 2 atom stereocenters. The van der Waals surface area contributed by atoms with E-state index in [1.807, 2.05) is 35.2 Å². The van der Waals surface area contributed by atoms with Gasteiger partial charge in [-0.1, -0.05) is 6.07 Å². The van der Waals surface area contributed by atoms with Crippen LogP contribution in [0.1, 0.15) is 50.6 Å². The topological polar surface area (TPSA) is 92.1 Å². The van der Waals surface area contributed by atoms with Crippen molar-refractivity contribution in [1.29, 1.82) is 0 Å². The molecule has 2 amide bonds. The van der Waals surface area contributed by atoms with E-state index < -0.39 is 5.91 Å². The Kier molecular flexibility index (Phi) is 3.53. The highest BCUT2D eigenvalue weighted by atomic mass is 16.2. The van der Waals surface area contributed by atoms with Crippen LogP contribution in [0, 0.1) is 0 Å². The summed E-state index contributed by atoms with van der Waals surface area (Å²) in [6, 6.07) is 11.4. The number of nitrogens with zero attached hydrogens (tertiary/aromatic N) is 2. The fraction of sp³-hybridized carbons (Fsp3) is 0.286. The molecule has 0 bridgehead atoms. The molecule has 0 spiro atoms. The van der Waals surface area contributed by atoms with E-state index in [9.17, 15) is 9.59 Å². The van der Waals surface area contributed by atoms with Gasteiger partial charge in [0.25, 0.3) is 5.91 Å². The van der Waals surface area contributed by atoms with Gasteiger partial charge in [-0.15, -0.1) is 0 Å². The van der Waals surface area contributed by atoms with Crippen LogP contribution < -0.4 is 5.73 Å². The lowest BCUT2D eigenvalue weighted by Crippen LogP contribution is -2.46. The van der Waals surface area contributed by atoms with Crippen LogP contribution in [-0.2, 0) is 6.42 Å². The number of imidazole rings is 1. The summed E-state index contributed by atoms with van der Waals surface area (Å²) in [6.45, 7) is 0.762. The Bertz CT molecular complexity index is 1070. The third-order valence-corrected chi connectivity index (χ3v) is 5.97. The van der Waals surface area contributed by atoms with Crippen LogP contribution in [0.4, 0.5) is 0 Å². The van der Waals surface area contributed by atoms with Gasteiger partial charge in [0.1, 0.15) is 0 Å². The quantitative estimate of drug-likeness (QED) is 0.736. The maximum Gasteiger partial charge on any atom is 0.254 e. The lowest BCUT2D eigenvalue weighted by atomic mass is 9.87. The molecule has 0 saturated carbocycles. The van der Waals surface area contributed by atoms with Crippen molar-refractivity contribution < 1.29 is 9.59 Å². The molecule has 0 unspecified atom stereocenters. The van der Waals surface area contributed by atoms with Gasteiger partial charge in [-0.2, -0.15) is 0 Å². The third kappa shape index (κ3) is 2.51. The smallest absolute Gasteiger partial charge is 0.254 e. The van der Waals surface area contributed by atoms with E-state index >= 15 is 0 Å². The van der Waals surface area contributed by atoms with E-state index in [2.05, 4.69) is 9.97 Å². The van der Waals surface area contributed by atoms with Crippen LogP contribution in [0.2, 0.25) is 0 Å². The Hall–Kier alpha value is -3.15. The second-order valence-electron chi connectivity index (χ2n) is 7.43. The van der Waals surface area contributed by atoms with Crippen molar-refractivity contribution in [1.82, 2.24) is 14.9 Å². The molecule has 1 aliphatic carbocycles. The number of hydrogen-bond donors (Lipinski definition) is 2. The molecule has 27 heavy (non-hydrogen) atoms. The van der Waals surface area contributed by atoms with Gasteiger partial charge in [-0.05, 0) is 60.7 Å². The zero-order valence-electron chi connectivity index (χ0n) is 14.8. The predicted octanol–water partition coefficient (Wildman–Crippen LogP) is 2.61. The van der Waals surface area contributed by atoms with Crippen LogP contribution in [-0.4, -0.2) is 39.3 Å². The number of amides is 2. The molecule has 2 heterocycles. The van der Waals surface area contributed by atoms with E-state index in [0.717, 1.165) is 36.8 Å². The average Bonchev–Trinajstić information content (AvgIpc) is 3.30. The fourth-order valence-electron chi connectivity index (χ4n) is 4.66. The van der Waals surface area contributed by atoms with Gasteiger partial charge in [-0.3, -0.25) is 9.59 Å². The number of carbonyl (C=O) groups is 2. The van der Waals surface area contributed by atoms with Gasteiger partial charge in [0.05, 0.1) is 17.4 Å². The summed E-state index contributed by atoms with van der Waals surface area (Å²) >= 11 is 0. The van der Waals surface area contributed by atoms with Crippen LogP contribution >= 0.6 is 0 Å². The van der Waals surface area contributed by atoms with Gasteiger partial charge in [0, 0.05) is 29.6 Å². The Labute approximate surface area is 156 Å². The second kappa shape index (κ2) is 5.94. The number of nitrogens with two attached hydrogens (primary N) is 1. The van der Waals surface area contributed by atoms with E-state index in [4.69, 9.17) is 5.73 Å². The molecule has 1 fully saturated rings. The summed E-state index contributed by atoms with van der Waals surface area (Å²) in [5.74, 6) is -0.0742. The summed E-state index contributed by atoms with van der Waals surface area (Å²) in [7, 11) is 0. The Balaban J connectivity index is 1.47. The SMILES string of the molecule is NC(=O)c1ccc2c(c1)[C@@H]1CCCN(C(=O)c3ccc4nc[nH]c4c3)[C@@H]1C2. The fourth-order valence-corrected chi connectivity index (χ4v) is 4.66. The second-order valence-corrected chi connectivity index (χ2v) is 7.43. The van der Waals surface area contributed by atoms with Crippen LogP contribution in [0.25, 0.3) is 11.0 Å². The van der Waals surface area contributed by atoms with Gasteiger partial charge in [-0.25, -0.2) is 4.98 Å². The monoisotopic (exact) mass is 360 g/mol. The number of aromatic nitrogens is 2. The third-order valence-electron chi connectivity index (χ3n) is 5.97. The number of H-pyrrole nitrogens is 1. The van der Waals surface area contributed by atoms with E-state index in [1.54, 1.807) is 12.4 Å². The largest absolute Gasteiger partial charge is 0.366 e. The minimum atomic E-state index is -0.405. The molecule has 5 rings (SSSR count). The Morgan fingerprint density at radius 1 is 1.15 bits per heavy atom. The van der Waals surface area contributed by atoms with Crippen LogP contribution in [0.15, 0.2) is 42.7 Å². The van der Waals surface area contributed by atoms with Crippen molar-refractivity contribution in [3.05, 3.63) is 65.0 Å². The standard InChI is InChI=1S/C21H20N4O2/c22-20(26)13-4-3-12-10-19-15(16(12)8-13)2-1-7-25(19)21(27)14-5-6-17-18(9-14)24-11-23-17/h3-6,8-9,11,15,19H,1-2,7,10H2,(H2,22,26)(H,23,24)/t15-,19+/m0/s1. The zero-order valence-corrected chi connectivity index (χ0v) is 14.8. The number of benzene rings is 2. The van der Waals surface area contributed by atoms with Crippen molar-refractivity contribution in [3.8, 4) is 0 Å². The number of carbonyl (C=O) groups excluding carboxylic acids is 2. The number of rotatable bonds is 2. The molecule has 1 aliphatic heterocycles. The molecule has 6 nitrogen and oxygen atoms in total. The van der Waals surface area contributed by atoms with Crippen molar-refractivity contribution in [2.24, 2.45) is 5.73 Å². The minimum Gasteiger partial charge on any atom is -0.366 e. The summed E-state index contributed by atoms with van der Waals surface area (Å²) in [5.41, 5.74) is 10.8. The van der Waals surface area contributed by atoms with E-state index in [-0.39, 0.29) is 17.9 Å². The Morgan fingerprint density at radius 3 is 2.85 bits per heavy atom. The van der Waals surface area contributed by atoms with E-state index in [0.29, 0.717) is 11.1 Å². The van der Waals surface area contributed by atoms with Crippen molar-refractivity contribution in [2.45, 2.75) is 31.2 Å². The predicted molar refractivity (Wildman–Crippen MR) is 102 cm³/mol. The number of fused-ring (bicyclic) bond motifs is 4. The molecule has 1 aromatic heterocycles. The molecule has 2 aromatic carbocycles. The molecular formula is C21H20N4O2.